The highest BCUT2D eigenvalue weighted by Gasteiger charge is 2.21. The summed E-state index contributed by atoms with van der Waals surface area (Å²) in [5.41, 5.74) is 2.36. The third-order valence-electron chi connectivity index (χ3n) is 3.94. The van der Waals surface area contributed by atoms with E-state index in [4.69, 9.17) is 4.74 Å². The Morgan fingerprint density at radius 1 is 1.32 bits per heavy atom. The molecule has 0 saturated carbocycles. The molecule has 1 atom stereocenters. The minimum Gasteiger partial charge on any atom is -0.493 e. The molecule has 1 aromatic carbocycles. The van der Waals surface area contributed by atoms with Gasteiger partial charge in [-0.2, -0.15) is 0 Å². The average molecular weight is 263 g/mol. The zero-order chi connectivity index (χ0) is 13.7. The standard InChI is InChI=1S/C16H25NO2/c1-12-3-4-13(2)16(11-12)19-10-7-15(18)14-5-8-17-9-6-14/h3-4,11,14-15,17-18H,5-10H2,1-2H3. The van der Waals surface area contributed by atoms with E-state index in [9.17, 15) is 5.11 Å². The summed E-state index contributed by atoms with van der Waals surface area (Å²) in [4.78, 5) is 0. The van der Waals surface area contributed by atoms with E-state index in [1.54, 1.807) is 0 Å². The molecule has 0 spiro atoms. The fourth-order valence-corrected chi connectivity index (χ4v) is 2.62. The first-order valence-electron chi connectivity index (χ1n) is 7.25. The maximum Gasteiger partial charge on any atom is 0.122 e. The molecule has 0 aromatic heterocycles. The van der Waals surface area contributed by atoms with Gasteiger partial charge in [0, 0.05) is 6.42 Å². The van der Waals surface area contributed by atoms with E-state index >= 15 is 0 Å². The molecule has 1 aliphatic heterocycles. The molecular weight excluding hydrogens is 238 g/mol. The largest absolute Gasteiger partial charge is 0.493 e. The first-order valence-corrected chi connectivity index (χ1v) is 7.25. The van der Waals surface area contributed by atoms with Crippen molar-refractivity contribution in [3.63, 3.8) is 0 Å². The maximum atomic E-state index is 10.2. The molecule has 2 rings (SSSR count). The van der Waals surface area contributed by atoms with Gasteiger partial charge >= 0.3 is 0 Å². The van der Waals surface area contributed by atoms with Gasteiger partial charge in [0.2, 0.25) is 0 Å². The Morgan fingerprint density at radius 3 is 2.79 bits per heavy atom. The lowest BCUT2D eigenvalue weighted by molar-refractivity contribution is 0.0673. The molecule has 1 heterocycles. The summed E-state index contributed by atoms with van der Waals surface area (Å²) in [7, 11) is 0. The summed E-state index contributed by atoms with van der Waals surface area (Å²) < 4.78 is 5.80. The van der Waals surface area contributed by atoms with E-state index in [-0.39, 0.29) is 6.10 Å². The molecule has 1 saturated heterocycles. The van der Waals surface area contributed by atoms with Crippen LogP contribution in [0.4, 0.5) is 0 Å². The molecule has 1 unspecified atom stereocenters. The third-order valence-corrected chi connectivity index (χ3v) is 3.94. The van der Waals surface area contributed by atoms with Crippen molar-refractivity contribution >= 4 is 0 Å². The predicted octanol–water partition coefficient (Wildman–Crippen LogP) is 2.43. The molecule has 3 nitrogen and oxygen atoms in total. The Morgan fingerprint density at radius 2 is 2.05 bits per heavy atom. The first-order chi connectivity index (χ1) is 9.16. The van der Waals surface area contributed by atoms with Crippen LogP contribution in [0.25, 0.3) is 0 Å². The van der Waals surface area contributed by atoms with E-state index < -0.39 is 0 Å². The van der Waals surface area contributed by atoms with Crippen LogP contribution in [0.1, 0.15) is 30.4 Å². The van der Waals surface area contributed by atoms with Crippen LogP contribution in [0.3, 0.4) is 0 Å². The minimum atomic E-state index is -0.229. The highest BCUT2D eigenvalue weighted by Crippen LogP contribution is 2.21. The normalized spacial score (nSPS) is 18.3. The average Bonchev–Trinajstić information content (AvgIpc) is 2.43. The topological polar surface area (TPSA) is 41.5 Å². The van der Waals surface area contributed by atoms with Gasteiger partial charge in [-0.3, -0.25) is 0 Å². The Kier molecular flexibility index (Phi) is 5.23. The van der Waals surface area contributed by atoms with Crippen LogP contribution in [0, 0.1) is 19.8 Å². The van der Waals surface area contributed by atoms with Crippen LogP contribution in [0.5, 0.6) is 5.75 Å². The van der Waals surface area contributed by atoms with Crippen molar-refractivity contribution in [1.82, 2.24) is 5.32 Å². The van der Waals surface area contributed by atoms with Gasteiger partial charge in [-0.05, 0) is 62.9 Å². The summed E-state index contributed by atoms with van der Waals surface area (Å²) in [5, 5.41) is 13.5. The van der Waals surface area contributed by atoms with Gasteiger partial charge in [0.15, 0.2) is 0 Å². The van der Waals surface area contributed by atoms with Crippen molar-refractivity contribution in [2.45, 2.75) is 39.2 Å². The molecule has 1 aromatic rings. The van der Waals surface area contributed by atoms with Crippen molar-refractivity contribution in [1.29, 1.82) is 0 Å². The van der Waals surface area contributed by atoms with Crippen LogP contribution in [0.2, 0.25) is 0 Å². The van der Waals surface area contributed by atoms with Crippen molar-refractivity contribution in [3.05, 3.63) is 29.3 Å². The van der Waals surface area contributed by atoms with Crippen molar-refractivity contribution in [2.24, 2.45) is 5.92 Å². The lowest BCUT2D eigenvalue weighted by Gasteiger charge is -2.27. The summed E-state index contributed by atoms with van der Waals surface area (Å²) in [5.74, 6) is 1.38. The van der Waals surface area contributed by atoms with Crippen molar-refractivity contribution < 1.29 is 9.84 Å². The van der Waals surface area contributed by atoms with Gasteiger partial charge in [-0.1, -0.05) is 12.1 Å². The third kappa shape index (κ3) is 4.22. The second kappa shape index (κ2) is 6.92. The number of aliphatic hydroxyl groups is 1. The molecule has 0 radical (unpaired) electrons. The van der Waals surface area contributed by atoms with Crippen LogP contribution < -0.4 is 10.1 Å². The van der Waals surface area contributed by atoms with E-state index in [0.717, 1.165) is 43.7 Å². The van der Waals surface area contributed by atoms with Crippen LogP contribution in [0.15, 0.2) is 18.2 Å². The number of hydrogen-bond donors (Lipinski definition) is 2. The van der Waals surface area contributed by atoms with E-state index in [1.807, 2.05) is 0 Å². The van der Waals surface area contributed by atoms with E-state index in [1.165, 1.54) is 5.56 Å². The summed E-state index contributed by atoms with van der Waals surface area (Å²) in [6.45, 7) is 6.77. The molecule has 0 aliphatic carbocycles. The van der Waals surface area contributed by atoms with Gasteiger partial charge in [0.25, 0.3) is 0 Å². The highest BCUT2D eigenvalue weighted by molar-refractivity contribution is 5.35. The van der Waals surface area contributed by atoms with Gasteiger partial charge in [-0.15, -0.1) is 0 Å². The Labute approximate surface area is 116 Å². The van der Waals surface area contributed by atoms with E-state index in [0.29, 0.717) is 12.5 Å². The van der Waals surface area contributed by atoms with Crippen LogP contribution in [-0.4, -0.2) is 30.9 Å². The zero-order valence-electron chi connectivity index (χ0n) is 12.0. The SMILES string of the molecule is Cc1ccc(C)c(OCCC(O)C2CCNCC2)c1. The fraction of sp³-hybridized carbons (Fsp3) is 0.625. The second-order valence-corrected chi connectivity index (χ2v) is 5.56. The van der Waals surface area contributed by atoms with Crippen LogP contribution in [-0.2, 0) is 0 Å². The number of aryl methyl sites for hydroxylation is 2. The molecule has 1 aliphatic rings. The van der Waals surface area contributed by atoms with Gasteiger partial charge in [0.05, 0.1) is 12.7 Å². The van der Waals surface area contributed by atoms with E-state index in [2.05, 4.69) is 37.4 Å². The smallest absolute Gasteiger partial charge is 0.122 e. The predicted molar refractivity (Wildman–Crippen MR) is 77.6 cm³/mol. The second-order valence-electron chi connectivity index (χ2n) is 5.56. The number of ether oxygens (including phenoxy) is 1. The lowest BCUT2D eigenvalue weighted by Crippen LogP contribution is -2.34. The van der Waals surface area contributed by atoms with Crippen LogP contribution >= 0.6 is 0 Å². The number of hydrogen-bond acceptors (Lipinski definition) is 3. The fourth-order valence-electron chi connectivity index (χ4n) is 2.62. The molecular formula is C16H25NO2. The zero-order valence-corrected chi connectivity index (χ0v) is 12.0. The number of aliphatic hydroxyl groups excluding tert-OH is 1. The molecule has 0 amide bonds. The number of rotatable bonds is 5. The van der Waals surface area contributed by atoms with Gasteiger partial charge in [0.1, 0.15) is 5.75 Å². The summed E-state index contributed by atoms with van der Waals surface area (Å²) in [6, 6.07) is 6.23. The van der Waals surface area contributed by atoms with Gasteiger partial charge in [-0.25, -0.2) is 0 Å². The number of piperidine rings is 1. The first kappa shape index (κ1) is 14.4. The highest BCUT2D eigenvalue weighted by atomic mass is 16.5. The maximum absolute atomic E-state index is 10.2. The summed E-state index contributed by atoms with van der Waals surface area (Å²) in [6.07, 6.45) is 2.64. The Bertz CT molecular complexity index is 400. The molecule has 19 heavy (non-hydrogen) atoms. The van der Waals surface area contributed by atoms with Gasteiger partial charge < -0.3 is 15.2 Å². The molecule has 1 fully saturated rings. The molecule has 106 valence electrons. The van der Waals surface area contributed by atoms with Crippen molar-refractivity contribution in [2.75, 3.05) is 19.7 Å². The Balaban J connectivity index is 1.77. The summed E-state index contributed by atoms with van der Waals surface area (Å²) >= 11 is 0. The van der Waals surface area contributed by atoms with Crippen molar-refractivity contribution in [3.8, 4) is 5.75 Å². The molecule has 3 heteroatoms. The number of benzene rings is 1. The quantitative estimate of drug-likeness (QED) is 0.857. The minimum absolute atomic E-state index is 0.229. The lowest BCUT2D eigenvalue weighted by atomic mass is 9.91. The Hall–Kier alpha value is -1.06. The molecule has 0 bridgehead atoms. The monoisotopic (exact) mass is 263 g/mol. The molecule has 2 N–H and O–H groups in total. The number of nitrogens with one attached hydrogen (secondary N) is 1.